The molecule has 0 aliphatic carbocycles. The molecule has 0 saturated heterocycles. The maximum absolute atomic E-state index is 13.5. The van der Waals surface area contributed by atoms with Crippen LogP contribution in [0.5, 0.6) is 23.0 Å². The van der Waals surface area contributed by atoms with Crippen LogP contribution in [0.2, 0.25) is 0 Å². The Labute approximate surface area is 233 Å². The summed E-state index contributed by atoms with van der Waals surface area (Å²) < 4.78 is 29.0. The first-order valence-electron chi connectivity index (χ1n) is 12.6. The van der Waals surface area contributed by atoms with Crippen LogP contribution in [-0.4, -0.2) is 49.4 Å². The van der Waals surface area contributed by atoms with Crippen molar-refractivity contribution in [3.05, 3.63) is 94.3 Å². The van der Waals surface area contributed by atoms with E-state index in [1.54, 1.807) is 75.7 Å². The lowest BCUT2D eigenvalue weighted by Crippen LogP contribution is -2.08. The first kappa shape index (κ1) is 28.2. The van der Waals surface area contributed by atoms with Crippen molar-refractivity contribution < 1.29 is 28.5 Å². The van der Waals surface area contributed by atoms with Gasteiger partial charge in [0.15, 0.2) is 23.0 Å². The molecule has 9 heteroatoms. The summed E-state index contributed by atoms with van der Waals surface area (Å²) in [6.07, 6.45) is 3.51. The number of hydrogen-bond donors (Lipinski definition) is 0. The molecule has 1 heterocycles. The smallest absolute Gasteiger partial charge is 0.339 e. The molecule has 0 amide bonds. The summed E-state index contributed by atoms with van der Waals surface area (Å²) in [6, 6.07) is 16.9. The average Bonchev–Trinajstić information content (AvgIpc) is 3.43. The van der Waals surface area contributed by atoms with E-state index >= 15 is 0 Å². The van der Waals surface area contributed by atoms with Gasteiger partial charge in [-0.2, -0.15) is 0 Å². The van der Waals surface area contributed by atoms with E-state index in [1.165, 1.54) is 11.1 Å². The lowest BCUT2D eigenvalue weighted by molar-refractivity contribution is -0.137. The van der Waals surface area contributed by atoms with E-state index in [-0.39, 0.29) is 6.61 Å². The number of ether oxygens (including phenoxy) is 5. The molecule has 0 saturated carbocycles. The van der Waals surface area contributed by atoms with Crippen molar-refractivity contribution in [1.82, 2.24) is 15.0 Å². The van der Waals surface area contributed by atoms with Crippen LogP contribution >= 0.6 is 0 Å². The molecule has 0 unspecified atom stereocenters. The third kappa shape index (κ3) is 6.61. The standard InChI is InChI=1S/C31H33N3O6/c1-20-7-8-21(2)24(13-20)17-34-18-25(32-33-34)19-40-31(35)26(23-10-12-28(37-4)30(16-23)39-6)14-22-9-11-27(36-3)29(15-22)38-5/h7-16,18H,17,19H2,1-6H3/b26-14+. The van der Waals surface area contributed by atoms with Crippen LogP contribution in [0.15, 0.2) is 60.8 Å². The van der Waals surface area contributed by atoms with Crippen molar-refractivity contribution in [3.63, 3.8) is 0 Å². The van der Waals surface area contributed by atoms with Gasteiger partial charge in [-0.25, -0.2) is 9.48 Å². The number of hydrogen-bond acceptors (Lipinski definition) is 8. The lowest BCUT2D eigenvalue weighted by Gasteiger charge is -2.13. The molecule has 3 aromatic carbocycles. The number of aromatic nitrogens is 3. The zero-order chi connectivity index (χ0) is 28.6. The van der Waals surface area contributed by atoms with Crippen molar-refractivity contribution in [2.75, 3.05) is 28.4 Å². The molecule has 0 aliphatic rings. The van der Waals surface area contributed by atoms with E-state index < -0.39 is 5.97 Å². The molecule has 208 valence electrons. The number of benzene rings is 3. The molecule has 9 nitrogen and oxygen atoms in total. The van der Waals surface area contributed by atoms with E-state index in [0.717, 1.165) is 11.1 Å². The highest BCUT2D eigenvalue weighted by Crippen LogP contribution is 2.33. The summed E-state index contributed by atoms with van der Waals surface area (Å²) in [6.45, 7) is 4.66. The van der Waals surface area contributed by atoms with Gasteiger partial charge in [0, 0.05) is 0 Å². The molecule has 0 atom stereocenters. The van der Waals surface area contributed by atoms with Gasteiger partial charge in [-0.05, 0) is 66.4 Å². The summed E-state index contributed by atoms with van der Waals surface area (Å²) >= 11 is 0. The molecule has 0 radical (unpaired) electrons. The van der Waals surface area contributed by atoms with Gasteiger partial charge in [-0.1, -0.05) is 41.1 Å². The Morgan fingerprint density at radius 3 is 2.20 bits per heavy atom. The number of carbonyl (C=O) groups excluding carboxylic acids is 1. The monoisotopic (exact) mass is 543 g/mol. The Balaban J connectivity index is 1.59. The number of rotatable bonds is 11. The summed E-state index contributed by atoms with van der Waals surface area (Å²) in [7, 11) is 6.22. The van der Waals surface area contributed by atoms with Gasteiger partial charge in [0.25, 0.3) is 0 Å². The quantitative estimate of drug-likeness (QED) is 0.144. The first-order chi connectivity index (χ1) is 19.3. The Hall–Kier alpha value is -4.79. The minimum Gasteiger partial charge on any atom is -0.493 e. The predicted molar refractivity (Wildman–Crippen MR) is 152 cm³/mol. The molecule has 0 bridgehead atoms. The highest BCUT2D eigenvalue weighted by Gasteiger charge is 2.18. The minimum absolute atomic E-state index is 0.0395. The zero-order valence-electron chi connectivity index (χ0n) is 23.6. The predicted octanol–water partition coefficient (Wildman–Crippen LogP) is 5.26. The van der Waals surface area contributed by atoms with Gasteiger partial charge >= 0.3 is 5.97 Å². The molecule has 0 N–H and O–H groups in total. The molecule has 1 aromatic heterocycles. The van der Waals surface area contributed by atoms with Crippen LogP contribution < -0.4 is 18.9 Å². The third-order valence-electron chi connectivity index (χ3n) is 6.41. The van der Waals surface area contributed by atoms with Gasteiger partial charge < -0.3 is 23.7 Å². The van der Waals surface area contributed by atoms with E-state index in [9.17, 15) is 4.79 Å². The normalized spacial score (nSPS) is 11.2. The summed E-state index contributed by atoms with van der Waals surface area (Å²) in [4.78, 5) is 13.5. The van der Waals surface area contributed by atoms with Gasteiger partial charge in [0.05, 0.1) is 46.8 Å². The van der Waals surface area contributed by atoms with Crippen LogP contribution in [0.25, 0.3) is 11.6 Å². The van der Waals surface area contributed by atoms with Crippen molar-refractivity contribution >= 4 is 17.6 Å². The molecule has 0 spiro atoms. The fourth-order valence-corrected chi connectivity index (χ4v) is 4.22. The summed E-state index contributed by atoms with van der Waals surface area (Å²) in [5.74, 6) is 1.62. The molecule has 0 fully saturated rings. The van der Waals surface area contributed by atoms with E-state index in [0.29, 0.717) is 46.4 Å². The molecular weight excluding hydrogens is 510 g/mol. The maximum Gasteiger partial charge on any atom is 0.339 e. The van der Waals surface area contributed by atoms with Crippen molar-refractivity contribution in [3.8, 4) is 23.0 Å². The van der Waals surface area contributed by atoms with Gasteiger partial charge in [0.1, 0.15) is 12.3 Å². The second-order valence-corrected chi connectivity index (χ2v) is 9.16. The van der Waals surface area contributed by atoms with Crippen LogP contribution in [0.4, 0.5) is 0 Å². The van der Waals surface area contributed by atoms with E-state index in [1.807, 2.05) is 6.07 Å². The Morgan fingerprint density at radius 1 is 0.825 bits per heavy atom. The molecule has 40 heavy (non-hydrogen) atoms. The van der Waals surface area contributed by atoms with Crippen LogP contribution in [-0.2, 0) is 22.7 Å². The highest BCUT2D eigenvalue weighted by molar-refractivity contribution is 6.21. The van der Waals surface area contributed by atoms with Crippen LogP contribution in [0, 0.1) is 13.8 Å². The fourth-order valence-electron chi connectivity index (χ4n) is 4.22. The van der Waals surface area contributed by atoms with Gasteiger partial charge in [-0.3, -0.25) is 0 Å². The fraction of sp³-hybridized carbons (Fsp3) is 0.258. The van der Waals surface area contributed by atoms with Crippen molar-refractivity contribution in [1.29, 1.82) is 0 Å². The first-order valence-corrected chi connectivity index (χ1v) is 12.6. The molecule has 4 aromatic rings. The largest absolute Gasteiger partial charge is 0.493 e. The number of esters is 1. The molecular formula is C31H33N3O6. The number of nitrogens with zero attached hydrogens (tertiary/aromatic N) is 3. The Kier molecular flexibility index (Phi) is 9.06. The second kappa shape index (κ2) is 12.8. The SMILES string of the molecule is COc1ccc(/C=C(/C(=O)OCc2cn(Cc3cc(C)ccc3C)nn2)c2ccc(OC)c(OC)c2)cc1OC. The van der Waals surface area contributed by atoms with Crippen molar-refractivity contribution in [2.24, 2.45) is 0 Å². The number of aryl methyl sites for hydroxylation is 2. The van der Waals surface area contributed by atoms with Crippen molar-refractivity contribution in [2.45, 2.75) is 27.0 Å². The number of methoxy groups -OCH3 is 4. The number of carbonyl (C=O) groups is 1. The summed E-state index contributed by atoms with van der Waals surface area (Å²) in [5, 5.41) is 8.41. The topological polar surface area (TPSA) is 93.9 Å². The minimum atomic E-state index is -0.536. The highest BCUT2D eigenvalue weighted by atomic mass is 16.5. The molecule has 4 rings (SSSR count). The zero-order valence-corrected chi connectivity index (χ0v) is 23.6. The summed E-state index contributed by atoms with van der Waals surface area (Å²) in [5.41, 5.74) is 5.68. The lowest BCUT2D eigenvalue weighted by atomic mass is 10.0. The van der Waals surface area contributed by atoms with E-state index in [2.05, 4.69) is 42.4 Å². The average molecular weight is 544 g/mol. The van der Waals surface area contributed by atoms with Crippen LogP contribution in [0.3, 0.4) is 0 Å². The third-order valence-corrected chi connectivity index (χ3v) is 6.41. The molecule has 0 aliphatic heterocycles. The van der Waals surface area contributed by atoms with E-state index in [4.69, 9.17) is 23.7 Å². The second-order valence-electron chi connectivity index (χ2n) is 9.16. The van der Waals surface area contributed by atoms with Gasteiger partial charge in [-0.15, -0.1) is 5.10 Å². The Morgan fingerprint density at radius 2 is 1.50 bits per heavy atom. The Bertz CT molecular complexity index is 1530. The van der Waals surface area contributed by atoms with Crippen LogP contribution in [0.1, 0.15) is 33.5 Å². The van der Waals surface area contributed by atoms with Gasteiger partial charge in [0.2, 0.25) is 0 Å². The maximum atomic E-state index is 13.5.